The van der Waals surface area contributed by atoms with Crippen LogP contribution in [-0.4, -0.2) is 33.9 Å². The van der Waals surface area contributed by atoms with Crippen molar-refractivity contribution in [3.8, 4) is 5.88 Å². The number of carbonyl (C=O) groups is 1. The molecule has 4 rings (SSSR count). The summed E-state index contributed by atoms with van der Waals surface area (Å²) in [6.45, 7) is 0. The largest absolute Gasteiger partial charge is 0.480 e. The summed E-state index contributed by atoms with van der Waals surface area (Å²) in [4.78, 5) is 25.3. The van der Waals surface area contributed by atoms with Crippen molar-refractivity contribution >= 4 is 28.5 Å². The van der Waals surface area contributed by atoms with E-state index in [2.05, 4.69) is 15.3 Å². The highest BCUT2D eigenvalue weighted by Gasteiger charge is 2.46. The molecule has 7 nitrogen and oxygen atoms in total. The van der Waals surface area contributed by atoms with E-state index < -0.39 is 11.4 Å². The molecule has 0 spiro atoms. The molecule has 2 atom stereocenters. The van der Waals surface area contributed by atoms with Crippen LogP contribution in [0, 0.1) is 11.7 Å². The van der Waals surface area contributed by atoms with Crippen LogP contribution in [0.2, 0.25) is 0 Å². The zero-order chi connectivity index (χ0) is 20.4. The fraction of sp³-hybridized carbons (Fsp3) is 0.400. The third-order valence-electron chi connectivity index (χ3n) is 5.54. The summed E-state index contributed by atoms with van der Waals surface area (Å²) >= 11 is 1.53. The number of carbonyl (C=O) groups excluding carboxylic acids is 1. The number of amides is 1. The number of ether oxygens (including phenoxy) is 1. The van der Waals surface area contributed by atoms with E-state index in [4.69, 9.17) is 15.5 Å². The first-order chi connectivity index (χ1) is 14.0. The molecule has 29 heavy (non-hydrogen) atoms. The fourth-order valence-electron chi connectivity index (χ4n) is 4.09. The minimum Gasteiger partial charge on any atom is -0.480 e. The van der Waals surface area contributed by atoms with Crippen molar-refractivity contribution in [2.75, 3.05) is 18.2 Å². The molecule has 0 radical (unpaired) electrons. The molecule has 1 aliphatic carbocycles. The summed E-state index contributed by atoms with van der Waals surface area (Å²) in [6.07, 6.45) is 6.51. The van der Waals surface area contributed by atoms with Gasteiger partial charge in [-0.1, -0.05) is 24.6 Å². The van der Waals surface area contributed by atoms with Gasteiger partial charge in [0.2, 0.25) is 5.88 Å². The average Bonchev–Trinajstić information content (AvgIpc) is 2.74. The topological polar surface area (TPSA) is 102 Å². The van der Waals surface area contributed by atoms with Crippen LogP contribution in [0.25, 0.3) is 0 Å². The number of nitrogens with one attached hydrogen (secondary N) is 1. The molecule has 1 aromatic heterocycles. The van der Waals surface area contributed by atoms with Gasteiger partial charge in [0.05, 0.1) is 25.0 Å². The van der Waals surface area contributed by atoms with Crippen LogP contribution in [0.3, 0.4) is 0 Å². The van der Waals surface area contributed by atoms with Gasteiger partial charge < -0.3 is 15.8 Å². The molecule has 1 saturated carbocycles. The van der Waals surface area contributed by atoms with E-state index in [1.165, 1.54) is 43.4 Å². The highest BCUT2D eigenvalue weighted by Crippen LogP contribution is 2.50. The van der Waals surface area contributed by atoms with Gasteiger partial charge in [0.15, 0.2) is 5.17 Å². The van der Waals surface area contributed by atoms with Crippen LogP contribution >= 0.6 is 11.8 Å². The standard InChI is InChI=1S/C20H22FN5O2S/c1-28-17-10-23-16(9-24-17)18(27)25-13-5-6-15(21)14(8-13)20-7-3-2-4-12(20)11-29-19(22)26-20/h5-6,8-10,12H,2-4,7,11H2,1H3,(H2,22,26)(H,25,27). The summed E-state index contributed by atoms with van der Waals surface area (Å²) in [5.74, 6) is 0.604. The molecule has 152 valence electrons. The molecule has 1 aromatic carbocycles. The molecule has 1 fully saturated rings. The molecule has 1 amide bonds. The van der Waals surface area contributed by atoms with Crippen molar-refractivity contribution in [3.05, 3.63) is 47.7 Å². The Hall–Kier alpha value is -2.68. The molecular formula is C20H22FN5O2S. The predicted octanol–water partition coefficient (Wildman–Crippen LogP) is 3.32. The number of fused-ring (bicyclic) bond motifs is 1. The SMILES string of the molecule is COc1cnc(C(=O)Nc2ccc(F)c(C34CCCCC3CSC(N)=N4)c2)cn1. The number of thioether (sulfide) groups is 1. The monoisotopic (exact) mass is 415 g/mol. The predicted molar refractivity (Wildman–Crippen MR) is 111 cm³/mol. The Morgan fingerprint density at radius 3 is 2.97 bits per heavy atom. The zero-order valence-electron chi connectivity index (χ0n) is 16.0. The van der Waals surface area contributed by atoms with Gasteiger partial charge in [-0.2, -0.15) is 0 Å². The van der Waals surface area contributed by atoms with Crippen molar-refractivity contribution in [2.24, 2.45) is 16.6 Å². The van der Waals surface area contributed by atoms with Gasteiger partial charge in [-0.25, -0.2) is 14.4 Å². The van der Waals surface area contributed by atoms with Crippen LogP contribution in [0.15, 0.2) is 35.6 Å². The minimum absolute atomic E-state index is 0.140. The van der Waals surface area contributed by atoms with E-state index in [0.29, 0.717) is 22.3 Å². The molecule has 1 aliphatic heterocycles. The Labute approximate surface area is 172 Å². The number of benzene rings is 1. The molecule has 3 N–H and O–H groups in total. The Morgan fingerprint density at radius 1 is 1.34 bits per heavy atom. The van der Waals surface area contributed by atoms with Crippen LogP contribution in [0.4, 0.5) is 10.1 Å². The van der Waals surface area contributed by atoms with Gasteiger partial charge in [-0.3, -0.25) is 9.79 Å². The minimum atomic E-state index is -0.668. The maximum Gasteiger partial charge on any atom is 0.275 e. The van der Waals surface area contributed by atoms with Gasteiger partial charge in [0.1, 0.15) is 11.5 Å². The normalized spacial score (nSPS) is 23.7. The summed E-state index contributed by atoms with van der Waals surface area (Å²) in [5, 5.41) is 3.26. The second-order valence-corrected chi connectivity index (χ2v) is 8.26. The van der Waals surface area contributed by atoms with Crippen molar-refractivity contribution in [3.63, 3.8) is 0 Å². The quantitative estimate of drug-likeness (QED) is 0.794. The zero-order valence-corrected chi connectivity index (χ0v) is 16.8. The van der Waals surface area contributed by atoms with Crippen molar-refractivity contribution in [2.45, 2.75) is 31.2 Å². The van der Waals surface area contributed by atoms with Crippen LogP contribution < -0.4 is 15.8 Å². The van der Waals surface area contributed by atoms with E-state index in [1.54, 1.807) is 6.07 Å². The molecule has 0 saturated heterocycles. The van der Waals surface area contributed by atoms with Crippen molar-refractivity contribution in [1.29, 1.82) is 0 Å². The summed E-state index contributed by atoms with van der Waals surface area (Å²) in [6, 6.07) is 4.58. The maximum atomic E-state index is 14.9. The van der Waals surface area contributed by atoms with E-state index in [9.17, 15) is 9.18 Å². The first kappa shape index (κ1) is 19.6. The fourth-order valence-corrected chi connectivity index (χ4v) is 5.14. The van der Waals surface area contributed by atoms with Gasteiger partial charge in [-0.05, 0) is 37.0 Å². The number of nitrogens with two attached hydrogens (primary N) is 1. The first-order valence-corrected chi connectivity index (χ1v) is 10.5. The third-order valence-corrected chi connectivity index (χ3v) is 6.49. The van der Waals surface area contributed by atoms with Crippen molar-refractivity contribution in [1.82, 2.24) is 9.97 Å². The average molecular weight is 415 g/mol. The maximum absolute atomic E-state index is 14.9. The Morgan fingerprint density at radius 2 is 2.21 bits per heavy atom. The molecular weight excluding hydrogens is 393 g/mol. The number of methoxy groups -OCH3 is 1. The van der Waals surface area contributed by atoms with Crippen LogP contribution in [0.1, 0.15) is 41.7 Å². The molecule has 2 unspecified atom stereocenters. The lowest BCUT2D eigenvalue weighted by atomic mass is 9.69. The van der Waals surface area contributed by atoms with Crippen LogP contribution in [0.5, 0.6) is 5.88 Å². The number of aromatic nitrogens is 2. The lowest BCUT2D eigenvalue weighted by Gasteiger charge is -2.44. The third kappa shape index (κ3) is 3.78. The second kappa shape index (κ2) is 7.98. The van der Waals surface area contributed by atoms with E-state index in [0.717, 1.165) is 31.4 Å². The highest BCUT2D eigenvalue weighted by atomic mass is 32.2. The molecule has 2 aliphatic rings. The first-order valence-electron chi connectivity index (χ1n) is 9.47. The number of anilines is 1. The lowest BCUT2D eigenvalue weighted by molar-refractivity contribution is 0.102. The Kier molecular flexibility index (Phi) is 5.40. The summed E-state index contributed by atoms with van der Waals surface area (Å²) in [7, 11) is 1.47. The smallest absolute Gasteiger partial charge is 0.275 e. The Balaban J connectivity index is 1.65. The number of hydrogen-bond donors (Lipinski definition) is 2. The van der Waals surface area contributed by atoms with E-state index >= 15 is 0 Å². The summed E-state index contributed by atoms with van der Waals surface area (Å²) in [5.41, 5.74) is 6.47. The van der Waals surface area contributed by atoms with E-state index in [1.807, 2.05) is 0 Å². The molecule has 0 bridgehead atoms. The van der Waals surface area contributed by atoms with Gasteiger partial charge in [0, 0.05) is 17.0 Å². The lowest BCUT2D eigenvalue weighted by Crippen LogP contribution is -2.43. The molecule has 2 aromatic rings. The number of nitrogens with zero attached hydrogens (tertiary/aromatic N) is 3. The number of hydrogen-bond acceptors (Lipinski definition) is 7. The van der Waals surface area contributed by atoms with E-state index in [-0.39, 0.29) is 17.4 Å². The van der Waals surface area contributed by atoms with Gasteiger partial charge >= 0.3 is 0 Å². The number of halogens is 1. The Bertz CT molecular complexity index is 952. The van der Waals surface area contributed by atoms with Crippen LogP contribution in [-0.2, 0) is 5.54 Å². The van der Waals surface area contributed by atoms with Crippen molar-refractivity contribution < 1.29 is 13.9 Å². The molecule has 9 heteroatoms. The van der Waals surface area contributed by atoms with Gasteiger partial charge in [-0.15, -0.1) is 0 Å². The highest BCUT2D eigenvalue weighted by molar-refractivity contribution is 8.13. The number of aliphatic imine (C=N–C) groups is 1. The van der Waals surface area contributed by atoms with Gasteiger partial charge in [0.25, 0.3) is 5.91 Å². The number of amidine groups is 1. The molecule has 2 heterocycles. The summed E-state index contributed by atoms with van der Waals surface area (Å²) < 4.78 is 19.9. The number of rotatable bonds is 4. The second-order valence-electron chi connectivity index (χ2n) is 7.22.